The first-order valence-electron chi connectivity index (χ1n) is 4.52. The fourth-order valence-electron chi connectivity index (χ4n) is 1.40. The van der Waals surface area contributed by atoms with Crippen molar-refractivity contribution in [2.75, 3.05) is 0 Å². The van der Waals surface area contributed by atoms with Crippen LogP contribution in [0.2, 0.25) is 0 Å². The summed E-state index contributed by atoms with van der Waals surface area (Å²) in [5.41, 5.74) is 9.87. The summed E-state index contributed by atoms with van der Waals surface area (Å²) in [5.74, 6) is 0.589. The van der Waals surface area contributed by atoms with E-state index in [-0.39, 0.29) is 0 Å². The van der Waals surface area contributed by atoms with Gasteiger partial charge in [0.1, 0.15) is 0 Å². The number of hydrogen-bond acceptors (Lipinski definition) is 0. The summed E-state index contributed by atoms with van der Waals surface area (Å²) in [4.78, 5) is 0. The molecule has 1 radical (unpaired) electrons. The van der Waals surface area contributed by atoms with Crippen molar-refractivity contribution in [1.29, 1.82) is 0 Å². The average Bonchev–Trinajstić information content (AvgIpc) is 2.16. The molecule has 0 aliphatic heterocycles. The molecule has 1 aromatic carbocycles. The first-order valence-corrected chi connectivity index (χ1v) is 4.52. The van der Waals surface area contributed by atoms with Crippen molar-refractivity contribution < 1.29 is 0 Å². The molecule has 1 rings (SSSR count). The summed E-state index contributed by atoms with van der Waals surface area (Å²) in [7, 11) is 0. The highest BCUT2D eigenvalue weighted by atomic mass is 14.5. The van der Waals surface area contributed by atoms with Crippen LogP contribution >= 0.6 is 0 Å². The predicted octanol–water partition coefficient (Wildman–Crippen LogP) is 2.98. The van der Waals surface area contributed by atoms with Crippen molar-refractivity contribution in [1.82, 2.24) is 5.73 Å². The summed E-state index contributed by atoms with van der Waals surface area (Å²) in [6.07, 6.45) is 1.15. The number of nitrogens with one attached hydrogen (secondary N) is 1. The van der Waals surface area contributed by atoms with Crippen LogP contribution in [0.1, 0.15) is 37.3 Å². The first kappa shape index (κ1) is 9.27. The zero-order chi connectivity index (χ0) is 8.97. The highest BCUT2D eigenvalue weighted by Gasteiger charge is 2.06. The van der Waals surface area contributed by atoms with E-state index in [1.54, 1.807) is 0 Å². The van der Waals surface area contributed by atoms with E-state index in [0.29, 0.717) is 12.5 Å². The standard InChI is InChI=1S/C11H16N/c1-3-9(2)11-7-5-4-6-10(11)8-12/h4-7,9,12H,3,8H2,1-2H3. The van der Waals surface area contributed by atoms with Gasteiger partial charge in [-0.25, -0.2) is 0 Å². The zero-order valence-electron chi connectivity index (χ0n) is 7.80. The Morgan fingerprint density at radius 1 is 1.33 bits per heavy atom. The van der Waals surface area contributed by atoms with Gasteiger partial charge < -0.3 is 0 Å². The molecule has 1 heteroatoms. The Morgan fingerprint density at radius 2 is 2.00 bits per heavy atom. The summed E-state index contributed by atoms with van der Waals surface area (Å²) in [6.45, 7) is 4.81. The molecule has 1 atom stereocenters. The maximum atomic E-state index is 7.35. The molecule has 1 N–H and O–H groups in total. The predicted molar refractivity (Wildman–Crippen MR) is 51.9 cm³/mol. The van der Waals surface area contributed by atoms with Crippen molar-refractivity contribution in [3.8, 4) is 0 Å². The molecule has 0 heterocycles. The lowest BCUT2D eigenvalue weighted by Gasteiger charge is -2.12. The van der Waals surface area contributed by atoms with Crippen LogP contribution in [0.15, 0.2) is 24.3 Å². The van der Waals surface area contributed by atoms with E-state index in [1.807, 2.05) is 6.07 Å². The van der Waals surface area contributed by atoms with Gasteiger partial charge in [0.15, 0.2) is 0 Å². The van der Waals surface area contributed by atoms with Gasteiger partial charge in [0, 0.05) is 6.54 Å². The van der Waals surface area contributed by atoms with Gasteiger partial charge in [-0.1, -0.05) is 38.1 Å². The van der Waals surface area contributed by atoms with Crippen molar-refractivity contribution in [2.24, 2.45) is 0 Å². The van der Waals surface area contributed by atoms with Crippen LogP contribution in [-0.2, 0) is 6.54 Å². The summed E-state index contributed by atoms with van der Waals surface area (Å²) in [6, 6.07) is 8.25. The van der Waals surface area contributed by atoms with Gasteiger partial charge in [0.2, 0.25) is 0 Å². The Bertz CT molecular complexity index is 243. The van der Waals surface area contributed by atoms with Gasteiger partial charge in [0.25, 0.3) is 0 Å². The minimum atomic E-state index is 0.403. The fourth-order valence-corrected chi connectivity index (χ4v) is 1.40. The highest BCUT2D eigenvalue weighted by Crippen LogP contribution is 2.22. The van der Waals surface area contributed by atoms with E-state index in [0.717, 1.165) is 6.42 Å². The minimum Gasteiger partial charge on any atom is -0.253 e. The quantitative estimate of drug-likeness (QED) is 0.652. The molecule has 1 unspecified atom stereocenters. The first-order chi connectivity index (χ1) is 5.79. The molecule has 0 aliphatic carbocycles. The SMILES string of the molecule is CCC(C)c1ccccc1C[NH]. The van der Waals surface area contributed by atoms with Gasteiger partial charge >= 0.3 is 0 Å². The number of hydrogen-bond donors (Lipinski definition) is 0. The third-order valence-corrected chi connectivity index (χ3v) is 2.39. The zero-order valence-corrected chi connectivity index (χ0v) is 7.80. The summed E-state index contributed by atoms with van der Waals surface area (Å²) in [5, 5.41) is 0. The van der Waals surface area contributed by atoms with Crippen molar-refractivity contribution >= 4 is 0 Å². The lowest BCUT2D eigenvalue weighted by Crippen LogP contribution is -1.98. The van der Waals surface area contributed by atoms with E-state index in [1.165, 1.54) is 11.1 Å². The molecule has 0 bridgehead atoms. The Labute approximate surface area is 74.6 Å². The molecule has 1 nitrogen and oxygen atoms in total. The third kappa shape index (κ3) is 1.86. The fraction of sp³-hybridized carbons (Fsp3) is 0.455. The topological polar surface area (TPSA) is 23.8 Å². The van der Waals surface area contributed by atoms with Crippen LogP contribution in [0.3, 0.4) is 0 Å². The molecule has 65 valence electrons. The number of rotatable bonds is 3. The Kier molecular flexibility index (Phi) is 3.30. The van der Waals surface area contributed by atoms with Gasteiger partial charge in [-0.15, -0.1) is 0 Å². The Hall–Kier alpha value is -0.820. The normalized spacial score (nSPS) is 12.9. The lowest BCUT2D eigenvalue weighted by molar-refractivity contribution is 0.721. The van der Waals surface area contributed by atoms with E-state index in [4.69, 9.17) is 5.73 Å². The maximum absolute atomic E-state index is 7.35. The number of benzene rings is 1. The maximum Gasteiger partial charge on any atom is 0.0354 e. The van der Waals surface area contributed by atoms with Gasteiger partial charge in [-0.2, -0.15) is 0 Å². The molecule has 0 saturated carbocycles. The summed E-state index contributed by atoms with van der Waals surface area (Å²) < 4.78 is 0. The molecule has 0 fully saturated rings. The second-order valence-electron chi connectivity index (χ2n) is 3.18. The summed E-state index contributed by atoms with van der Waals surface area (Å²) >= 11 is 0. The van der Waals surface area contributed by atoms with E-state index in [2.05, 4.69) is 32.0 Å². The second-order valence-corrected chi connectivity index (χ2v) is 3.18. The smallest absolute Gasteiger partial charge is 0.0354 e. The van der Waals surface area contributed by atoms with Crippen LogP contribution in [0.25, 0.3) is 0 Å². The molecule has 0 amide bonds. The van der Waals surface area contributed by atoms with E-state index < -0.39 is 0 Å². The van der Waals surface area contributed by atoms with Crippen LogP contribution in [0, 0.1) is 0 Å². The molecule has 0 saturated heterocycles. The molecule has 12 heavy (non-hydrogen) atoms. The van der Waals surface area contributed by atoms with E-state index in [9.17, 15) is 0 Å². The molecule has 1 aromatic rings. The molecule has 0 aromatic heterocycles. The van der Waals surface area contributed by atoms with Crippen molar-refractivity contribution in [3.05, 3.63) is 35.4 Å². The second kappa shape index (κ2) is 4.27. The van der Waals surface area contributed by atoms with Crippen LogP contribution in [0.5, 0.6) is 0 Å². The van der Waals surface area contributed by atoms with Gasteiger partial charge in [0.05, 0.1) is 0 Å². The van der Waals surface area contributed by atoms with Crippen LogP contribution in [0.4, 0.5) is 0 Å². The van der Waals surface area contributed by atoms with E-state index >= 15 is 0 Å². The minimum absolute atomic E-state index is 0.403. The third-order valence-electron chi connectivity index (χ3n) is 2.39. The lowest BCUT2D eigenvalue weighted by atomic mass is 9.94. The molecule has 0 spiro atoms. The van der Waals surface area contributed by atoms with Gasteiger partial charge in [-0.05, 0) is 23.5 Å². The van der Waals surface area contributed by atoms with Crippen molar-refractivity contribution in [2.45, 2.75) is 32.7 Å². The Morgan fingerprint density at radius 3 is 2.58 bits per heavy atom. The van der Waals surface area contributed by atoms with Gasteiger partial charge in [-0.3, -0.25) is 5.73 Å². The van der Waals surface area contributed by atoms with Crippen molar-refractivity contribution in [3.63, 3.8) is 0 Å². The Balaban J connectivity index is 2.96. The van der Waals surface area contributed by atoms with Crippen LogP contribution < -0.4 is 5.73 Å². The van der Waals surface area contributed by atoms with Crippen LogP contribution in [-0.4, -0.2) is 0 Å². The molecular formula is C11H16N. The molecule has 0 aliphatic rings. The average molecular weight is 162 g/mol. The molecular weight excluding hydrogens is 146 g/mol. The largest absolute Gasteiger partial charge is 0.253 e. The highest BCUT2D eigenvalue weighted by molar-refractivity contribution is 5.29. The monoisotopic (exact) mass is 162 g/mol.